The molecule has 0 aliphatic rings. The number of hydrogen-bond acceptors (Lipinski definition) is 3. The van der Waals surface area contributed by atoms with Crippen molar-refractivity contribution in [1.82, 2.24) is 0 Å². The van der Waals surface area contributed by atoms with E-state index in [1.807, 2.05) is 0 Å². The van der Waals surface area contributed by atoms with Crippen LogP contribution < -0.4 is 11.1 Å². The van der Waals surface area contributed by atoms with Gasteiger partial charge in [0, 0.05) is 17.1 Å². The molecule has 0 aromatic heterocycles. The minimum Gasteiger partial charge on any atom is -0.397 e. The molecule has 0 aliphatic carbocycles. The second-order valence-electron chi connectivity index (χ2n) is 3.99. The summed E-state index contributed by atoms with van der Waals surface area (Å²) in [7, 11) is 0. The molecule has 0 saturated heterocycles. The van der Waals surface area contributed by atoms with Crippen LogP contribution in [0, 0.1) is 5.41 Å². The average Bonchev–Trinajstić information content (AvgIpc) is 2.20. The van der Waals surface area contributed by atoms with Gasteiger partial charge in [-0.05, 0) is 31.2 Å². The van der Waals surface area contributed by atoms with Gasteiger partial charge in [-0.15, -0.1) is 0 Å². The standard InChI is InChI=1S/C12H14BrF2N3/c1-7(5-11(17)12(2,14)15)18-10-4-3-8(13)6-9(10)16/h3-6,17-18H,16H2,1-2H3/b7-5-,17-11?. The third-order valence-corrected chi connectivity index (χ3v) is 2.67. The number of allylic oxidation sites excluding steroid dienone is 2. The van der Waals surface area contributed by atoms with Crippen molar-refractivity contribution in [2.75, 3.05) is 11.1 Å². The first kappa shape index (κ1) is 14.6. The van der Waals surface area contributed by atoms with Crippen molar-refractivity contribution < 1.29 is 8.78 Å². The molecule has 4 N–H and O–H groups in total. The van der Waals surface area contributed by atoms with Crippen LogP contribution >= 0.6 is 15.9 Å². The normalized spacial score (nSPS) is 12.4. The van der Waals surface area contributed by atoms with Gasteiger partial charge in [-0.25, -0.2) is 0 Å². The van der Waals surface area contributed by atoms with E-state index in [-0.39, 0.29) is 0 Å². The van der Waals surface area contributed by atoms with Crippen molar-refractivity contribution in [3.8, 4) is 0 Å². The number of anilines is 2. The number of rotatable bonds is 4. The van der Waals surface area contributed by atoms with E-state index in [0.717, 1.165) is 10.5 Å². The molecule has 1 rings (SSSR count). The summed E-state index contributed by atoms with van der Waals surface area (Å²) in [5.41, 5.74) is 6.55. The lowest BCUT2D eigenvalue weighted by molar-refractivity contribution is 0.101. The van der Waals surface area contributed by atoms with E-state index >= 15 is 0 Å². The van der Waals surface area contributed by atoms with Crippen molar-refractivity contribution in [3.63, 3.8) is 0 Å². The summed E-state index contributed by atoms with van der Waals surface area (Å²) >= 11 is 3.27. The molecule has 0 heterocycles. The molecule has 0 bridgehead atoms. The first-order valence-electron chi connectivity index (χ1n) is 5.17. The highest BCUT2D eigenvalue weighted by atomic mass is 79.9. The summed E-state index contributed by atoms with van der Waals surface area (Å²) in [5.74, 6) is -3.14. The number of nitrogen functional groups attached to an aromatic ring is 1. The van der Waals surface area contributed by atoms with Crippen LogP contribution in [0.1, 0.15) is 13.8 Å². The molecular weight excluding hydrogens is 304 g/mol. The van der Waals surface area contributed by atoms with Crippen molar-refractivity contribution in [2.24, 2.45) is 0 Å². The lowest BCUT2D eigenvalue weighted by Crippen LogP contribution is -2.22. The number of alkyl halides is 2. The highest BCUT2D eigenvalue weighted by Gasteiger charge is 2.26. The Morgan fingerprint density at radius 1 is 1.50 bits per heavy atom. The smallest absolute Gasteiger partial charge is 0.286 e. The summed E-state index contributed by atoms with van der Waals surface area (Å²) in [5, 5.41) is 10.1. The largest absolute Gasteiger partial charge is 0.397 e. The maximum Gasteiger partial charge on any atom is 0.286 e. The number of benzene rings is 1. The first-order valence-corrected chi connectivity index (χ1v) is 5.96. The van der Waals surface area contributed by atoms with Crippen molar-refractivity contribution in [3.05, 3.63) is 34.4 Å². The summed E-state index contributed by atoms with van der Waals surface area (Å²) < 4.78 is 26.5. The Balaban J connectivity index is 2.85. The minimum absolute atomic E-state index is 0.426. The molecule has 18 heavy (non-hydrogen) atoms. The first-order chi connectivity index (χ1) is 8.20. The van der Waals surface area contributed by atoms with Crippen LogP contribution in [0.15, 0.2) is 34.4 Å². The van der Waals surface area contributed by atoms with Gasteiger partial charge in [0.1, 0.15) is 5.71 Å². The average molecular weight is 318 g/mol. The van der Waals surface area contributed by atoms with Gasteiger partial charge in [0.15, 0.2) is 0 Å². The molecule has 1 aromatic carbocycles. The fraction of sp³-hybridized carbons (Fsp3) is 0.250. The van der Waals surface area contributed by atoms with Crippen LogP contribution in [0.5, 0.6) is 0 Å². The molecule has 0 atom stereocenters. The summed E-state index contributed by atoms with van der Waals surface area (Å²) in [6.07, 6.45) is 1.08. The van der Waals surface area contributed by atoms with Gasteiger partial charge in [-0.2, -0.15) is 8.78 Å². The number of halogens is 3. The minimum atomic E-state index is -3.14. The van der Waals surface area contributed by atoms with E-state index in [1.165, 1.54) is 0 Å². The topological polar surface area (TPSA) is 61.9 Å². The van der Waals surface area contributed by atoms with E-state index < -0.39 is 11.6 Å². The maximum absolute atomic E-state index is 12.8. The third-order valence-electron chi connectivity index (χ3n) is 2.18. The van der Waals surface area contributed by atoms with E-state index in [1.54, 1.807) is 25.1 Å². The fourth-order valence-electron chi connectivity index (χ4n) is 1.24. The second kappa shape index (κ2) is 5.48. The van der Waals surface area contributed by atoms with E-state index in [4.69, 9.17) is 11.1 Å². The highest BCUT2D eigenvalue weighted by molar-refractivity contribution is 9.10. The molecule has 0 fully saturated rings. The Bertz CT molecular complexity index is 493. The highest BCUT2D eigenvalue weighted by Crippen LogP contribution is 2.24. The Labute approximate surface area is 113 Å². The predicted octanol–water partition coefficient (Wildman–Crippen LogP) is 4.02. The molecule has 0 amide bonds. The fourth-order valence-corrected chi connectivity index (χ4v) is 1.62. The van der Waals surface area contributed by atoms with Gasteiger partial charge in [0.2, 0.25) is 0 Å². The lowest BCUT2D eigenvalue weighted by atomic mass is 10.2. The van der Waals surface area contributed by atoms with Crippen molar-refractivity contribution in [2.45, 2.75) is 19.8 Å². The van der Waals surface area contributed by atoms with Crippen molar-refractivity contribution in [1.29, 1.82) is 5.41 Å². The monoisotopic (exact) mass is 317 g/mol. The van der Waals surface area contributed by atoms with Crippen LogP contribution in [0.25, 0.3) is 0 Å². The van der Waals surface area contributed by atoms with E-state index in [2.05, 4.69) is 21.2 Å². The molecule has 0 unspecified atom stereocenters. The third kappa shape index (κ3) is 4.10. The van der Waals surface area contributed by atoms with Gasteiger partial charge in [-0.1, -0.05) is 15.9 Å². The molecule has 0 aliphatic heterocycles. The molecule has 0 spiro atoms. The lowest BCUT2D eigenvalue weighted by Gasteiger charge is -2.12. The Morgan fingerprint density at radius 2 is 2.11 bits per heavy atom. The Hall–Kier alpha value is -1.43. The van der Waals surface area contributed by atoms with E-state index in [0.29, 0.717) is 24.0 Å². The molecular formula is C12H14BrF2N3. The number of nitrogens with two attached hydrogens (primary N) is 1. The quantitative estimate of drug-likeness (QED) is 0.580. The van der Waals surface area contributed by atoms with Crippen LogP contribution in [0.3, 0.4) is 0 Å². The zero-order valence-electron chi connectivity index (χ0n) is 10.0. The van der Waals surface area contributed by atoms with Gasteiger partial charge < -0.3 is 11.1 Å². The zero-order chi connectivity index (χ0) is 13.9. The summed E-state index contributed by atoms with van der Waals surface area (Å²) in [6, 6.07) is 5.21. The maximum atomic E-state index is 12.8. The Morgan fingerprint density at radius 3 is 2.61 bits per heavy atom. The molecule has 6 heteroatoms. The molecule has 0 radical (unpaired) electrons. The molecule has 1 aromatic rings. The molecule has 98 valence electrons. The van der Waals surface area contributed by atoms with Crippen LogP contribution in [-0.2, 0) is 0 Å². The molecule has 3 nitrogen and oxygen atoms in total. The number of nitrogens with one attached hydrogen (secondary N) is 2. The Kier molecular flexibility index (Phi) is 4.45. The second-order valence-corrected chi connectivity index (χ2v) is 4.90. The van der Waals surface area contributed by atoms with Crippen LogP contribution in [0.4, 0.5) is 20.2 Å². The molecule has 0 saturated carbocycles. The summed E-state index contributed by atoms with van der Waals surface area (Å²) in [4.78, 5) is 0. The van der Waals surface area contributed by atoms with Gasteiger partial charge in [-0.3, -0.25) is 5.41 Å². The van der Waals surface area contributed by atoms with Crippen LogP contribution in [0.2, 0.25) is 0 Å². The van der Waals surface area contributed by atoms with Crippen LogP contribution in [-0.4, -0.2) is 11.6 Å². The summed E-state index contributed by atoms with van der Waals surface area (Å²) in [6.45, 7) is 2.29. The van der Waals surface area contributed by atoms with Gasteiger partial charge >= 0.3 is 0 Å². The van der Waals surface area contributed by atoms with Gasteiger partial charge in [0.05, 0.1) is 11.4 Å². The van der Waals surface area contributed by atoms with Crippen molar-refractivity contribution >= 4 is 33.0 Å². The van der Waals surface area contributed by atoms with E-state index in [9.17, 15) is 8.78 Å². The number of hydrogen-bond donors (Lipinski definition) is 3. The van der Waals surface area contributed by atoms with Gasteiger partial charge in [0.25, 0.3) is 5.92 Å². The SMILES string of the molecule is C/C(=C/C(=N)C(C)(F)F)Nc1ccc(Br)cc1N. The predicted molar refractivity (Wildman–Crippen MR) is 74.3 cm³/mol. The zero-order valence-corrected chi connectivity index (χ0v) is 11.6.